The van der Waals surface area contributed by atoms with E-state index in [9.17, 15) is 0 Å². The van der Waals surface area contributed by atoms with Gasteiger partial charge >= 0.3 is 32.1 Å². The zero-order valence-corrected chi connectivity index (χ0v) is 9.52. The maximum absolute atomic E-state index is 8.85. The molecule has 0 atom stereocenters. The van der Waals surface area contributed by atoms with E-state index in [1.54, 1.807) is 0 Å². The van der Waals surface area contributed by atoms with Crippen LogP contribution in [0.3, 0.4) is 0 Å². The van der Waals surface area contributed by atoms with Gasteiger partial charge in [0.25, 0.3) is 0 Å². The Bertz CT molecular complexity index is 90.7. The van der Waals surface area contributed by atoms with E-state index in [1.807, 2.05) is 0 Å². The summed E-state index contributed by atoms with van der Waals surface area (Å²) in [7, 11) is 0. The summed E-state index contributed by atoms with van der Waals surface area (Å²) in [5.74, 6) is 0. The fourth-order valence-corrected chi connectivity index (χ4v) is 0. The van der Waals surface area contributed by atoms with Gasteiger partial charge in [-0.15, -0.1) is 0 Å². The molecule has 6 heavy (non-hydrogen) atoms. The van der Waals surface area contributed by atoms with Gasteiger partial charge in [-0.05, 0) is 0 Å². The van der Waals surface area contributed by atoms with Crippen molar-refractivity contribution in [3.8, 4) is 0 Å². The molecule has 0 aliphatic rings. The van der Waals surface area contributed by atoms with Crippen LogP contribution in [0, 0.1) is 0 Å². The monoisotopic (exact) mass is 401 g/mol. The maximum Gasteiger partial charge on any atom is 0 e. The summed E-state index contributed by atoms with van der Waals surface area (Å²) in [6.07, 6.45) is 0. The molecule has 35 valence electrons. The van der Waals surface area contributed by atoms with E-state index < -0.39 is 19.0 Å². The third-order valence-corrected chi connectivity index (χ3v) is 0. The van der Waals surface area contributed by atoms with Crippen molar-refractivity contribution < 1.29 is 13.2 Å². The molecule has 2 N–H and O–H groups in total. The van der Waals surface area contributed by atoms with Gasteiger partial charge in [0.1, 0.15) is 0 Å². The minimum Gasteiger partial charge on any atom is 0 e. The SMILES string of the molecule is O=[Te](=O)(O)O.[Tl]. The fraction of sp³-hybridized carbons (Fsp3) is 0. The zero-order valence-electron chi connectivity index (χ0n) is 2.70. The van der Waals surface area contributed by atoms with Crippen molar-refractivity contribution >= 4 is 46.3 Å². The molecule has 0 amide bonds. The Morgan fingerprint density at radius 1 is 1.17 bits per heavy atom. The van der Waals surface area contributed by atoms with Crippen LogP contribution in [0.15, 0.2) is 0 Å². The van der Waals surface area contributed by atoms with E-state index in [1.165, 1.54) is 0 Å². The van der Waals surface area contributed by atoms with Crippen molar-refractivity contribution in [3.05, 3.63) is 0 Å². The third kappa shape index (κ3) is 61.8. The Balaban J connectivity index is 0. The van der Waals surface area contributed by atoms with Crippen LogP contribution in [0.25, 0.3) is 0 Å². The molecule has 6 heteroatoms. The molecule has 0 unspecified atom stereocenters. The summed E-state index contributed by atoms with van der Waals surface area (Å²) in [5.41, 5.74) is 0. The van der Waals surface area contributed by atoms with Gasteiger partial charge in [0.05, 0.1) is 0 Å². The van der Waals surface area contributed by atoms with Crippen LogP contribution in [-0.2, 0) is 6.21 Å². The Hall–Kier alpha value is 1.23. The molecule has 0 rings (SSSR count). The van der Waals surface area contributed by atoms with Crippen LogP contribution in [0.4, 0.5) is 0 Å². The second-order valence-corrected chi connectivity index (χ2v) is 3.00. The van der Waals surface area contributed by atoms with Gasteiger partial charge in [-0.1, -0.05) is 0 Å². The summed E-state index contributed by atoms with van der Waals surface area (Å²) in [6, 6.07) is 0. The van der Waals surface area contributed by atoms with Gasteiger partial charge in [0.2, 0.25) is 0 Å². The van der Waals surface area contributed by atoms with E-state index in [4.69, 9.17) is 13.2 Å². The molecular formula is H2O4TeTl. The first-order valence-electron chi connectivity index (χ1n) is 0.698. The number of rotatable bonds is 0. The van der Waals surface area contributed by atoms with Crippen molar-refractivity contribution in [2.45, 2.75) is 0 Å². The molecule has 0 bridgehead atoms. The molecule has 4 nitrogen and oxygen atoms in total. The molecule has 0 saturated carbocycles. The first kappa shape index (κ1) is 10.3. The summed E-state index contributed by atoms with van der Waals surface area (Å²) < 4.78 is 32.0. The zero-order chi connectivity index (χ0) is 4.50. The van der Waals surface area contributed by atoms with Gasteiger partial charge in [-0.3, -0.25) is 0 Å². The van der Waals surface area contributed by atoms with Gasteiger partial charge in [-0.25, -0.2) is 0 Å². The van der Waals surface area contributed by atoms with E-state index in [0.717, 1.165) is 0 Å². The fourth-order valence-electron chi connectivity index (χ4n) is 0. The molecule has 0 saturated heterocycles. The summed E-state index contributed by atoms with van der Waals surface area (Å²) in [6.45, 7) is 0. The van der Waals surface area contributed by atoms with Gasteiger partial charge in [0, 0.05) is 27.3 Å². The molecule has 0 heterocycles. The van der Waals surface area contributed by atoms with Crippen molar-refractivity contribution in [1.82, 2.24) is 0 Å². The first-order valence-corrected chi connectivity index (χ1v) is 4.69. The van der Waals surface area contributed by atoms with Gasteiger partial charge in [0.15, 0.2) is 0 Å². The summed E-state index contributed by atoms with van der Waals surface area (Å²) in [4.78, 5) is 0. The maximum atomic E-state index is 8.85. The van der Waals surface area contributed by atoms with Crippen LogP contribution in [0.1, 0.15) is 0 Å². The molecular weight excluding hydrogens is 396 g/mol. The first-order chi connectivity index (χ1) is 2.00. The van der Waals surface area contributed by atoms with Crippen LogP contribution < -0.4 is 0 Å². The second-order valence-electron chi connectivity index (χ2n) is 0.448. The second kappa shape index (κ2) is 3.26. The summed E-state index contributed by atoms with van der Waals surface area (Å²) >= 11 is -5.52. The molecule has 1 radical (unpaired) electrons. The van der Waals surface area contributed by atoms with Crippen LogP contribution >= 0.6 is 0 Å². The molecule has 0 aromatic heterocycles. The molecule has 0 spiro atoms. The quantitative estimate of drug-likeness (QED) is 0.459. The minimum atomic E-state index is -5.52. The Morgan fingerprint density at radius 2 is 1.17 bits per heavy atom. The molecule has 0 aromatic carbocycles. The predicted octanol–water partition coefficient (Wildman–Crippen LogP) is -2.11. The smallest absolute Gasteiger partial charge is 0 e. The number of hydrogen-bond donors (Lipinski definition) is 2. The molecule has 0 aliphatic heterocycles. The van der Waals surface area contributed by atoms with E-state index in [0.29, 0.717) is 0 Å². The molecule has 0 fully saturated rings. The number of hydrogen-bond acceptors (Lipinski definition) is 2. The van der Waals surface area contributed by atoms with Crippen molar-refractivity contribution in [2.75, 3.05) is 0 Å². The van der Waals surface area contributed by atoms with Gasteiger partial charge < -0.3 is 0 Å². The van der Waals surface area contributed by atoms with Crippen molar-refractivity contribution in [3.63, 3.8) is 0 Å². The normalized spacial score (nSPS) is 9.67. The van der Waals surface area contributed by atoms with Gasteiger partial charge in [-0.2, -0.15) is 0 Å². The minimum absolute atomic E-state index is 0. The van der Waals surface area contributed by atoms with E-state index in [-0.39, 0.29) is 27.3 Å². The Kier molecular flexibility index (Phi) is 5.58. The van der Waals surface area contributed by atoms with Crippen molar-refractivity contribution in [2.24, 2.45) is 0 Å². The predicted molar refractivity (Wildman–Crippen MR) is 17.3 cm³/mol. The molecule has 0 aliphatic carbocycles. The average molecular weight is 398 g/mol. The Labute approximate surface area is 59.0 Å². The van der Waals surface area contributed by atoms with Crippen LogP contribution in [0.5, 0.6) is 0 Å². The van der Waals surface area contributed by atoms with Crippen molar-refractivity contribution in [1.29, 1.82) is 0 Å². The largest absolute Gasteiger partial charge is 0 e. The third-order valence-electron chi connectivity index (χ3n) is 0. The standard InChI is InChI=1S/H2O4Te.Tl/c1-5(2,3)4;/h(H2,1,2,3,4);. The molecule has 0 aromatic rings. The summed E-state index contributed by atoms with van der Waals surface area (Å²) in [5, 5.41) is 0. The average Bonchev–Trinajstić information content (AvgIpc) is 0.722. The Morgan fingerprint density at radius 3 is 1.17 bits per heavy atom. The topological polar surface area (TPSA) is 74.6 Å². The van der Waals surface area contributed by atoms with E-state index >= 15 is 0 Å². The van der Waals surface area contributed by atoms with E-state index in [2.05, 4.69) is 0 Å². The van der Waals surface area contributed by atoms with Crippen LogP contribution in [0.2, 0.25) is 0 Å². The van der Waals surface area contributed by atoms with Crippen LogP contribution in [-0.4, -0.2) is 53.2 Å².